The number of esters is 1. The predicted molar refractivity (Wildman–Crippen MR) is 95.1 cm³/mol. The van der Waals surface area contributed by atoms with Crippen LogP contribution in [0.1, 0.15) is 12.5 Å². The first-order chi connectivity index (χ1) is 11.8. The predicted octanol–water partition coefficient (Wildman–Crippen LogP) is 3.65. The maximum Gasteiger partial charge on any atom is 0.344 e. The number of aromatic nitrogens is 1. The number of hydrogen-bond donors (Lipinski definition) is 1. The molecule has 6 nitrogen and oxygen atoms in total. The Bertz CT molecular complexity index is 783. The summed E-state index contributed by atoms with van der Waals surface area (Å²) in [6.45, 7) is 3.04. The molecule has 2 rings (SSSR count). The Morgan fingerprint density at radius 3 is 2.72 bits per heavy atom. The lowest BCUT2D eigenvalue weighted by atomic mass is 10.2. The minimum Gasteiger partial charge on any atom is -0.482 e. The molecular formula is C17H16Cl2N2O4. The number of aryl methyl sites for hydroxylation is 1. The minimum absolute atomic E-state index is 0.134. The van der Waals surface area contributed by atoms with Crippen molar-refractivity contribution in [3.05, 3.63) is 52.1 Å². The molecule has 0 aliphatic carbocycles. The zero-order valence-corrected chi connectivity index (χ0v) is 15.1. The van der Waals surface area contributed by atoms with Gasteiger partial charge in [0.25, 0.3) is 5.91 Å². The lowest BCUT2D eigenvalue weighted by molar-refractivity contribution is -0.155. The van der Waals surface area contributed by atoms with Crippen LogP contribution >= 0.6 is 23.2 Å². The molecule has 1 N–H and O–H groups in total. The summed E-state index contributed by atoms with van der Waals surface area (Å²) in [6.07, 6.45) is 0.303. The summed E-state index contributed by atoms with van der Waals surface area (Å²) in [7, 11) is 0. The van der Waals surface area contributed by atoms with Crippen molar-refractivity contribution in [2.75, 3.05) is 11.9 Å². The molecule has 0 saturated heterocycles. The van der Waals surface area contributed by atoms with E-state index in [4.69, 9.17) is 32.7 Å². The standard InChI is InChI=1S/C17H16Cl2N2O4/c1-10-4-3-5-13(6-10)24-9-15(22)25-11(2)17(23)21-16-14(19)7-12(18)8-20-16/h3-8,11H,9H2,1-2H3,(H,20,21,23)/t11-/m1/s1. The summed E-state index contributed by atoms with van der Waals surface area (Å²) in [5.74, 6) is -0.555. The van der Waals surface area contributed by atoms with Crippen molar-refractivity contribution >= 4 is 40.9 Å². The van der Waals surface area contributed by atoms with Gasteiger partial charge in [-0.2, -0.15) is 0 Å². The number of rotatable bonds is 6. The number of amides is 1. The minimum atomic E-state index is -1.04. The van der Waals surface area contributed by atoms with Gasteiger partial charge in [0.15, 0.2) is 18.5 Å². The van der Waals surface area contributed by atoms with E-state index in [1.54, 1.807) is 12.1 Å². The van der Waals surface area contributed by atoms with Crippen LogP contribution in [0.5, 0.6) is 5.75 Å². The van der Waals surface area contributed by atoms with Gasteiger partial charge in [-0.05, 0) is 37.6 Å². The molecule has 0 aliphatic heterocycles. The fourth-order valence-corrected chi connectivity index (χ4v) is 2.28. The van der Waals surface area contributed by atoms with Gasteiger partial charge in [-0.1, -0.05) is 35.3 Å². The zero-order valence-electron chi connectivity index (χ0n) is 13.6. The molecule has 25 heavy (non-hydrogen) atoms. The number of nitrogens with one attached hydrogen (secondary N) is 1. The molecule has 0 radical (unpaired) electrons. The summed E-state index contributed by atoms with van der Waals surface area (Å²) in [5, 5.41) is 2.99. The maximum absolute atomic E-state index is 12.0. The topological polar surface area (TPSA) is 77.5 Å². The molecule has 0 bridgehead atoms. The molecule has 2 aromatic rings. The van der Waals surface area contributed by atoms with Gasteiger partial charge in [0, 0.05) is 6.20 Å². The Balaban J connectivity index is 1.84. The van der Waals surface area contributed by atoms with Crippen LogP contribution in [0.25, 0.3) is 0 Å². The fraction of sp³-hybridized carbons (Fsp3) is 0.235. The molecule has 1 aromatic heterocycles. The molecule has 1 atom stereocenters. The van der Waals surface area contributed by atoms with Crippen LogP contribution in [0.15, 0.2) is 36.5 Å². The van der Waals surface area contributed by atoms with Gasteiger partial charge in [-0.3, -0.25) is 4.79 Å². The Kier molecular flexibility index (Phi) is 6.61. The first kappa shape index (κ1) is 19.0. The third-order valence-corrected chi connectivity index (χ3v) is 3.57. The fourth-order valence-electron chi connectivity index (χ4n) is 1.86. The maximum atomic E-state index is 12.0. The number of halogens is 2. The summed E-state index contributed by atoms with van der Waals surface area (Å²) < 4.78 is 10.4. The Hall–Kier alpha value is -2.31. The molecule has 0 saturated carbocycles. The quantitative estimate of drug-likeness (QED) is 0.771. The van der Waals surface area contributed by atoms with Crippen LogP contribution in [-0.2, 0) is 14.3 Å². The van der Waals surface area contributed by atoms with Crippen molar-refractivity contribution in [1.82, 2.24) is 4.98 Å². The third kappa shape index (κ3) is 5.92. The van der Waals surface area contributed by atoms with E-state index < -0.39 is 18.0 Å². The van der Waals surface area contributed by atoms with Gasteiger partial charge in [-0.15, -0.1) is 0 Å². The van der Waals surface area contributed by atoms with E-state index in [-0.39, 0.29) is 17.4 Å². The van der Waals surface area contributed by atoms with Crippen LogP contribution < -0.4 is 10.1 Å². The molecule has 0 fully saturated rings. The van der Waals surface area contributed by atoms with Crippen molar-refractivity contribution in [3.63, 3.8) is 0 Å². The molecule has 1 heterocycles. The van der Waals surface area contributed by atoms with Gasteiger partial charge >= 0.3 is 5.97 Å². The molecule has 8 heteroatoms. The van der Waals surface area contributed by atoms with E-state index in [1.807, 2.05) is 19.1 Å². The van der Waals surface area contributed by atoms with Crippen molar-refractivity contribution in [1.29, 1.82) is 0 Å². The van der Waals surface area contributed by atoms with E-state index in [2.05, 4.69) is 10.3 Å². The van der Waals surface area contributed by atoms with Gasteiger partial charge in [0.1, 0.15) is 5.75 Å². The lowest BCUT2D eigenvalue weighted by Crippen LogP contribution is -2.32. The van der Waals surface area contributed by atoms with Crippen molar-refractivity contribution < 1.29 is 19.1 Å². The third-order valence-electron chi connectivity index (χ3n) is 3.07. The highest BCUT2D eigenvalue weighted by Crippen LogP contribution is 2.22. The van der Waals surface area contributed by atoms with E-state index in [9.17, 15) is 9.59 Å². The number of carbonyl (C=O) groups is 2. The van der Waals surface area contributed by atoms with Crippen LogP contribution in [0, 0.1) is 6.92 Å². The number of carbonyl (C=O) groups excluding carboxylic acids is 2. The first-order valence-corrected chi connectivity index (χ1v) is 8.11. The van der Waals surface area contributed by atoms with Gasteiger partial charge < -0.3 is 14.8 Å². The molecule has 132 valence electrons. The monoisotopic (exact) mass is 382 g/mol. The van der Waals surface area contributed by atoms with Crippen molar-refractivity contribution in [2.45, 2.75) is 20.0 Å². The smallest absolute Gasteiger partial charge is 0.344 e. The van der Waals surface area contributed by atoms with Crippen molar-refractivity contribution in [2.24, 2.45) is 0 Å². The second-order valence-electron chi connectivity index (χ2n) is 5.21. The summed E-state index contributed by atoms with van der Waals surface area (Å²) >= 11 is 11.7. The summed E-state index contributed by atoms with van der Waals surface area (Å²) in [6, 6.07) is 8.68. The average Bonchev–Trinajstić information content (AvgIpc) is 2.55. The number of benzene rings is 1. The van der Waals surface area contributed by atoms with Crippen LogP contribution in [0.3, 0.4) is 0 Å². The second-order valence-corrected chi connectivity index (χ2v) is 6.05. The van der Waals surface area contributed by atoms with E-state index in [0.717, 1.165) is 5.56 Å². The van der Waals surface area contributed by atoms with E-state index in [0.29, 0.717) is 10.8 Å². The number of pyridine rings is 1. The molecule has 0 aliphatic rings. The summed E-state index contributed by atoms with van der Waals surface area (Å²) in [4.78, 5) is 27.7. The van der Waals surface area contributed by atoms with Gasteiger partial charge in [-0.25, -0.2) is 9.78 Å². The van der Waals surface area contributed by atoms with Gasteiger partial charge in [0.2, 0.25) is 0 Å². The Labute approximate surface area is 155 Å². The van der Waals surface area contributed by atoms with Crippen LogP contribution in [0.4, 0.5) is 5.82 Å². The zero-order chi connectivity index (χ0) is 18.4. The van der Waals surface area contributed by atoms with Crippen molar-refractivity contribution in [3.8, 4) is 5.75 Å². The second kappa shape index (κ2) is 8.69. The molecule has 1 aromatic carbocycles. The number of ether oxygens (including phenoxy) is 2. The number of hydrogen-bond acceptors (Lipinski definition) is 5. The number of nitrogens with zero attached hydrogens (tertiary/aromatic N) is 1. The molecule has 0 spiro atoms. The SMILES string of the molecule is Cc1cccc(OCC(=O)O[C@H](C)C(=O)Nc2ncc(Cl)cc2Cl)c1. The normalized spacial score (nSPS) is 11.5. The average molecular weight is 383 g/mol. The summed E-state index contributed by atoms with van der Waals surface area (Å²) in [5.41, 5.74) is 1.01. The lowest BCUT2D eigenvalue weighted by Gasteiger charge is -2.14. The Morgan fingerprint density at radius 2 is 2.04 bits per heavy atom. The first-order valence-electron chi connectivity index (χ1n) is 7.36. The Morgan fingerprint density at radius 1 is 1.28 bits per heavy atom. The van der Waals surface area contributed by atoms with Gasteiger partial charge in [0.05, 0.1) is 10.0 Å². The highest BCUT2D eigenvalue weighted by molar-refractivity contribution is 6.36. The van der Waals surface area contributed by atoms with E-state index >= 15 is 0 Å². The van der Waals surface area contributed by atoms with Crippen LogP contribution in [0.2, 0.25) is 10.0 Å². The highest BCUT2D eigenvalue weighted by atomic mass is 35.5. The molecular weight excluding hydrogens is 367 g/mol. The largest absolute Gasteiger partial charge is 0.482 e. The highest BCUT2D eigenvalue weighted by Gasteiger charge is 2.19. The number of anilines is 1. The van der Waals surface area contributed by atoms with E-state index in [1.165, 1.54) is 19.2 Å². The van der Waals surface area contributed by atoms with Crippen LogP contribution in [-0.4, -0.2) is 29.6 Å². The molecule has 0 unspecified atom stereocenters. The molecule has 1 amide bonds.